The number of nitrogens with one attached hydrogen (secondary N) is 1. The van der Waals surface area contributed by atoms with Crippen molar-refractivity contribution in [3.8, 4) is 5.75 Å². The number of rotatable bonds is 3. The molecule has 0 atom stereocenters. The van der Waals surface area contributed by atoms with E-state index in [4.69, 9.17) is 9.84 Å². The monoisotopic (exact) mass is 231 g/mol. The lowest BCUT2D eigenvalue weighted by Gasteiger charge is -1.99. The van der Waals surface area contributed by atoms with E-state index in [2.05, 4.69) is 4.98 Å². The Balaban J connectivity index is 2.60. The van der Waals surface area contributed by atoms with Crippen LogP contribution < -0.4 is 4.74 Å². The zero-order valence-electron chi connectivity index (χ0n) is 9.65. The number of methoxy groups -OCH3 is 1. The van der Waals surface area contributed by atoms with Crippen molar-refractivity contribution in [1.82, 2.24) is 4.98 Å². The Morgan fingerprint density at radius 1 is 1.47 bits per heavy atom. The van der Waals surface area contributed by atoms with Crippen LogP contribution in [0.5, 0.6) is 5.75 Å². The van der Waals surface area contributed by atoms with Crippen LogP contribution in [0.2, 0.25) is 0 Å². The molecule has 0 saturated heterocycles. The summed E-state index contributed by atoms with van der Waals surface area (Å²) in [7, 11) is 1.60. The van der Waals surface area contributed by atoms with Gasteiger partial charge in [0.2, 0.25) is 0 Å². The molecule has 17 heavy (non-hydrogen) atoms. The molecule has 2 aromatic rings. The summed E-state index contributed by atoms with van der Waals surface area (Å²) in [4.78, 5) is 13.7. The number of aryl methyl sites for hydroxylation is 1. The number of carboxylic acids is 1. The van der Waals surface area contributed by atoms with E-state index in [0.29, 0.717) is 0 Å². The molecule has 88 valence electrons. The predicted molar refractivity (Wildman–Crippen MR) is 66.3 cm³/mol. The number of fused-ring (bicyclic) bond motifs is 1. The van der Waals surface area contributed by atoms with Gasteiger partial charge in [0, 0.05) is 28.2 Å². The van der Waals surface area contributed by atoms with Crippen LogP contribution in [-0.4, -0.2) is 23.2 Å². The molecule has 2 N–H and O–H groups in total. The van der Waals surface area contributed by atoms with Crippen molar-refractivity contribution in [3.63, 3.8) is 0 Å². The minimum atomic E-state index is -0.957. The Morgan fingerprint density at radius 2 is 2.24 bits per heavy atom. The van der Waals surface area contributed by atoms with Crippen molar-refractivity contribution in [2.24, 2.45) is 0 Å². The van der Waals surface area contributed by atoms with Crippen molar-refractivity contribution in [1.29, 1.82) is 0 Å². The first-order valence-electron chi connectivity index (χ1n) is 5.19. The Hall–Kier alpha value is -2.23. The first-order chi connectivity index (χ1) is 8.11. The number of ether oxygens (including phenoxy) is 1. The maximum absolute atomic E-state index is 10.5. The van der Waals surface area contributed by atoms with E-state index >= 15 is 0 Å². The summed E-state index contributed by atoms with van der Waals surface area (Å²) >= 11 is 0. The van der Waals surface area contributed by atoms with Gasteiger partial charge < -0.3 is 14.8 Å². The zero-order chi connectivity index (χ0) is 12.4. The van der Waals surface area contributed by atoms with Crippen molar-refractivity contribution < 1.29 is 14.6 Å². The van der Waals surface area contributed by atoms with E-state index in [9.17, 15) is 4.79 Å². The molecule has 1 aromatic carbocycles. The van der Waals surface area contributed by atoms with Gasteiger partial charge in [-0.1, -0.05) is 0 Å². The largest absolute Gasteiger partial charge is 0.497 e. The number of aliphatic carboxylic acids is 1. The van der Waals surface area contributed by atoms with Crippen LogP contribution in [0.1, 0.15) is 11.3 Å². The molecule has 0 bridgehead atoms. The molecule has 0 aliphatic carbocycles. The van der Waals surface area contributed by atoms with Gasteiger partial charge in [-0.2, -0.15) is 0 Å². The minimum absolute atomic E-state index is 0.751. The maximum Gasteiger partial charge on any atom is 0.328 e. The van der Waals surface area contributed by atoms with Crippen LogP contribution in [0.4, 0.5) is 0 Å². The van der Waals surface area contributed by atoms with Gasteiger partial charge in [-0.25, -0.2) is 4.79 Å². The number of carboxylic acid groups (broad SMARTS) is 1. The van der Waals surface area contributed by atoms with Crippen molar-refractivity contribution in [2.45, 2.75) is 6.92 Å². The molecule has 0 spiro atoms. The highest BCUT2D eigenvalue weighted by Gasteiger charge is 2.07. The highest BCUT2D eigenvalue weighted by Crippen LogP contribution is 2.27. The molecule has 0 fully saturated rings. The minimum Gasteiger partial charge on any atom is -0.497 e. The fraction of sp³-hybridized carbons (Fsp3) is 0.154. The first kappa shape index (κ1) is 11.3. The second-order valence-electron chi connectivity index (χ2n) is 3.75. The molecule has 0 amide bonds. The van der Waals surface area contributed by atoms with E-state index < -0.39 is 5.97 Å². The SMILES string of the molecule is COc1ccc2[nH]c(C)c(C=CC(=O)O)c2c1. The van der Waals surface area contributed by atoms with E-state index in [1.54, 1.807) is 13.2 Å². The van der Waals surface area contributed by atoms with Crippen LogP contribution in [0, 0.1) is 6.92 Å². The van der Waals surface area contributed by atoms with Crippen LogP contribution >= 0.6 is 0 Å². The average molecular weight is 231 g/mol. The van der Waals surface area contributed by atoms with Gasteiger partial charge in [0.05, 0.1) is 7.11 Å². The topological polar surface area (TPSA) is 62.3 Å². The lowest BCUT2D eigenvalue weighted by molar-refractivity contribution is -0.131. The number of H-pyrrole nitrogens is 1. The maximum atomic E-state index is 10.5. The third kappa shape index (κ3) is 2.15. The molecule has 0 radical (unpaired) electrons. The lowest BCUT2D eigenvalue weighted by Crippen LogP contribution is -1.86. The van der Waals surface area contributed by atoms with E-state index in [-0.39, 0.29) is 0 Å². The van der Waals surface area contributed by atoms with Crippen molar-refractivity contribution in [2.75, 3.05) is 7.11 Å². The summed E-state index contributed by atoms with van der Waals surface area (Å²) in [5, 5.41) is 9.61. The summed E-state index contributed by atoms with van der Waals surface area (Å²) < 4.78 is 5.16. The number of hydrogen-bond acceptors (Lipinski definition) is 2. The van der Waals surface area contributed by atoms with Crippen molar-refractivity contribution >= 4 is 22.9 Å². The van der Waals surface area contributed by atoms with E-state index in [1.807, 2.05) is 25.1 Å². The van der Waals surface area contributed by atoms with E-state index in [0.717, 1.165) is 34.0 Å². The van der Waals surface area contributed by atoms with Gasteiger partial charge in [-0.15, -0.1) is 0 Å². The molecular formula is C13H13NO3. The second kappa shape index (κ2) is 4.33. The third-order valence-corrected chi connectivity index (χ3v) is 2.64. The van der Waals surface area contributed by atoms with Gasteiger partial charge in [0.15, 0.2) is 0 Å². The molecule has 0 aliphatic heterocycles. The van der Waals surface area contributed by atoms with Crippen molar-refractivity contribution in [3.05, 3.63) is 35.5 Å². The summed E-state index contributed by atoms with van der Waals surface area (Å²) in [6.45, 7) is 1.91. The fourth-order valence-electron chi connectivity index (χ4n) is 1.82. The van der Waals surface area contributed by atoms with Gasteiger partial charge in [0.25, 0.3) is 0 Å². The normalized spacial score (nSPS) is 11.2. The molecule has 0 saturated carbocycles. The first-order valence-corrected chi connectivity index (χ1v) is 5.19. The van der Waals surface area contributed by atoms with Gasteiger partial charge in [0.1, 0.15) is 5.75 Å². The van der Waals surface area contributed by atoms with Crippen LogP contribution in [-0.2, 0) is 4.79 Å². The summed E-state index contributed by atoms with van der Waals surface area (Å²) in [6, 6.07) is 5.67. The molecule has 4 heteroatoms. The van der Waals surface area contributed by atoms with Gasteiger partial charge >= 0.3 is 5.97 Å². The van der Waals surface area contributed by atoms with Crippen LogP contribution in [0.15, 0.2) is 24.3 Å². The predicted octanol–water partition coefficient (Wildman–Crippen LogP) is 2.58. The summed E-state index contributed by atoms with van der Waals surface area (Å²) in [6.07, 6.45) is 2.73. The standard InChI is InChI=1S/C13H13NO3/c1-8-10(4-6-13(15)16)11-7-9(17-2)3-5-12(11)14-8/h3-7,14H,1-2H3,(H,15,16). The Kier molecular flexibility index (Phi) is 2.87. The Bertz CT molecular complexity index is 596. The molecule has 0 aliphatic rings. The number of carbonyl (C=O) groups is 1. The number of aromatic amines is 1. The van der Waals surface area contributed by atoms with E-state index in [1.165, 1.54) is 0 Å². The van der Waals surface area contributed by atoms with Gasteiger partial charge in [-0.05, 0) is 31.2 Å². The average Bonchev–Trinajstić information content (AvgIpc) is 2.61. The molecule has 1 aromatic heterocycles. The smallest absolute Gasteiger partial charge is 0.328 e. The number of aromatic nitrogens is 1. The molecule has 2 rings (SSSR count). The third-order valence-electron chi connectivity index (χ3n) is 2.64. The zero-order valence-corrected chi connectivity index (χ0v) is 9.65. The highest BCUT2D eigenvalue weighted by molar-refractivity contribution is 5.95. The molecule has 0 unspecified atom stereocenters. The fourth-order valence-corrected chi connectivity index (χ4v) is 1.82. The van der Waals surface area contributed by atoms with Crippen LogP contribution in [0.3, 0.4) is 0 Å². The Labute approximate surface area is 98.5 Å². The second-order valence-corrected chi connectivity index (χ2v) is 3.75. The lowest BCUT2D eigenvalue weighted by atomic mass is 10.1. The Morgan fingerprint density at radius 3 is 2.88 bits per heavy atom. The van der Waals surface area contributed by atoms with Gasteiger partial charge in [-0.3, -0.25) is 0 Å². The molecular weight excluding hydrogens is 218 g/mol. The quantitative estimate of drug-likeness (QED) is 0.798. The highest BCUT2D eigenvalue weighted by atomic mass is 16.5. The summed E-state index contributed by atoms with van der Waals surface area (Å²) in [5.41, 5.74) is 2.78. The number of benzene rings is 1. The van der Waals surface area contributed by atoms with Crippen LogP contribution in [0.25, 0.3) is 17.0 Å². The molecule has 1 heterocycles. The number of hydrogen-bond donors (Lipinski definition) is 2. The molecule has 4 nitrogen and oxygen atoms in total. The summed E-state index contributed by atoms with van der Waals surface area (Å²) in [5.74, 6) is -0.205.